The Kier molecular flexibility index (Phi) is 5.80. The molecule has 6 heteroatoms. The highest BCUT2D eigenvalue weighted by molar-refractivity contribution is 5.49. The number of ether oxygens (including phenoxy) is 1. The molecule has 2 nitrogen and oxygen atoms in total. The van der Waals surface area contributed by atoms with E-state index >= 15 is 0 Å². The quantitative estimate of drug-likeness (QED) is 0.555. The number of hydrogen-bond donors (Lipinski definition) is 0. The summed E-state index contributed by atoms with van der Waals surface area (Å²) < 4.78 is 55.5. The first-order valence-corrected chi connectivity index (χ1v) is 7.38. The molecule has 2 rings (SSSR count). The second kappa shape index (κ2) is 7.61. The molecule has 0 amide bonds. The molecular formula is C16H18F4O2. The molecule has 0 spiro atoms. The lowest BCUT2D eigenvalue weighted by molar-refractivity contribution is -0.108. The van der Waals surface area contributed by atoms with Crippen molar-refractivity contribution in [1.82, 2.24) is 0 Å². The van der Waals surface area contributed by atoms with Crippen LogP contribution in [0.4, 0.5) is 17.6 Å². The second-order valence-electron chi connectivity index (χ2n) is 5.65. The third-order valence-electron chi connectivity index (χ3n) is 4.24. The molecule has 1 aromatic carbocycles. The van der Waals surface area contributed by atoms with Gasteiger partial charge in [-0.3, -0.25) is 0 Å². The third kappa shape index (κ3) is 4.21. The average Bonchev–Trinajstić information content (AvgIpc) is 2.49. The second-order valence-corrected chi connectivity index (χ2v) is 5.65. The summed E-state index contributed by atoms with van der Waals surface area (Å²) in [5.74, 6) is -2.75. The molecule has 1 aliphatic carbocycles. The molecule has 0 radical (unpaired) electrons. The van der Waals surface area contributed by atoms with Crippen LogP contribution in [0.25, 0.3) is 0 Å². The van der Waals surface area contributed by atoms with Crippen LogP contribution >= 0.6 is 0 Å². The van der Waals surface area contributed by atoms with Gasteiger partial charge in [0.1, 0.15) is 6.29 Å². The minimum absolute atomic E-state index is 0.0112. The maximum absolute atomic E-state index is 13.7. The van der Waals surface area contributed by atoms with Crippen molar-refractivity contribution in [2.45, 2.75) is 51.1 Å². The van der Waals surface area contributed by atoms with Crippen LogP contribution in [-0.4, -0.2) is 12.9 Å². The van der Waals surface area contributed by atoms with Crippen LogP contribution < -0.4 is 4.74 Å². The van der Waals surface area contributed by atoms with Gasteiger partial charge in [-0.05, 0) is 61.6 Å². The van der Waals surface area contributed by atoms with E-state index in [1.54, 1.807) is 0 Å². The zero-order valence-corrected chi connectivity index (χ0v) is 12.0. The average molecular weight is 318 g/mol. The van der Waals surface area contributed by atoms with E-state index < -0.39 is 24.0 Å². The Morgan fingerprint density at radius 3 is 2.23 bits per heavy atom. The third-order valence-corrected chi connectivity index (χ3v) is 4.24. The summed E-state index contributed by atoms with van der Waals surface area (Å²) in [6.45, 7) is -3.26. The number of carbonyl (C=O) groups excluding carboxylic acids is 1. The fourth-order valence-electron chi connectivity index (χ4n) is 3.11. The smallest absolute Gasteiger partial charge is 0.387 e. The van der Waals surface area contributed by atoms with Gasteiger partial charge in [0.05, 0.1) is 0 Å². The minimum Gasteiger partial charge on any atom is -0.429 e. The molecular weight excluding hydrogens is 300 g/mol. The first-order chi connectivity index (χ1) is 10.5. The van der Waals surface area contributed by atoms with Crippen molar-refractivity contribution in [2.24, 2.45) is 5.92 Å². The Hall–Kier alpha value is -1.59. The lowest BCUT2D eigenvalue weighted by atomic mass is 9.77. The fourth-order valence-corrected chi connectivity index (χ4v) is 3.11. The molecule has 1 saturated carbocycles. The molecule has 0 aromatic heterocycles. The van der Waals surface area contributed by atoms with Gasteiger partial charge in [0, 0.05) is 6.42 Å². The number of hydrogen-bond acceptors (Lipinski definition) is 2. The van der Waals surface area contributed by atoms with Crippen molar-refractivity contribution in [2.75, 3.05) is 0 Å². The number of alkyl halides is 2. The first-order valence-electron chi connectivity index (χ1n) is 7.38. The van der Waals surface area contributed by atoms with Gasteiger partial charge in [-0.15, -0.1) is 0 Å². The van der Waals surface area contributed by atoms with E-state index in [9.17, 15) is 22.4 Å². The maximum Gasteiger partial charge on any atom is 0.387 e. The molecule has 1 aromatic rings. The Morgan fingerprint density at radius 1 is 1.14 bits per heavy atom. The van der Waals surface area contributed by atoms with E-state index in [1.807, 2.05) is 0 Å². The molecule has 122 valence electrons. The fraction of sp³-hybridized carbons (Fsp3) is 0.562. The van der Waals surface area contributed by atoms with Crippen molar-refractivity contribution >= 4 is 6.29 Å². The summed E-state index contributed by atoms with van der Waals surface area (Å²) in [4.78, 5) is 10.4. The summed E-state index contributed by atoms with van der Waals surface area (Å²) in [7, 11) is 0. The highest BCUT2D eigenvalue weighted by Crippen LogP contribution is 2.39. The van der Waals surface area contributed by atoms with Crippen molar-refractivity contribution in [3.8, 4) is 5.75 Å². The maximum atomic E-state index is 13.7. The highest BCUT2D eigenvalue weighted by atomic mass is 19.3. The first kappa shape index (κ1) is 16.8. The molecule has 0 unspecified atom stereocenters. The van der Waals surface area contributed by atoms with E-state index in [0.29, 0.717) is 17.9 Å². The number of benzene rings is 1. The monoisotopic (exact) mass is 318 g/mol. The number of aldehydes is 1. The minimum atomic E-state index is -3.26. The van der Waals surface area contributed by atoms with Gasteiger partial charge in [0.15, 0.2) is 17.4 Å². The summed E-state index contributed by atoms with van der Waals surface area (Å²) in [6.07, 6.45) is 5.64. The summed E-state index contributed by atoms with van der Waals surface area (Å²) >= 11 is 0. The van der Waals surface area contributed by atoms with Crippen molar-refractivity contribution in [3.05, 3.63) is 29.3 Å². The summed E-state index contributed by atoms with van der Waals surface area (Å²) in [5, 5.41) is 0. The van der Waals surface area contributed by atoms with Crippen molar-refractivity contribution in [1.29, 1.82) is 0 Å². The van der Waals surface area contributed by atoms with Gasteiger partial charge >= 0.3 is 6.61 Å². The summed E-state index contributed by atoms with van der Waals surface area (Å²) in [5.41, 5.74) is 0.477. The van der Waals surface area contributed by atoms with Crippen LogP contribution in [0.5, 0.6) is 5.75 Å². The Bertz CT molecular complexity index is 488. The summed E-state index contributed by atoms with van der Waals surface area (Å²) in [6, 6.07) is 2.16. The van der Waals surface area contributed by atoms with Gasteiger partial charge in [0.25, 0.3) is 0 Å². The van der Waals surface area contributed by atoms with E-state index in [2.05, 4.69) is 4.74 Å². The van der Waals surface area contributed by atoms with Crippen LogP contribution in [0.3, 0.4) is 0 Å². The molecule has 0 bridgehead atoms. The topological polar surface area (TPSA) is 26.3 Å². The van der Waals surface area contributed by atoms with E-state index in [4.69, 9.17) is 0 Å². The highest BCUT2D eigenvalue weighted by Gasteiger charge is 2.25. The van der Waals surface area contributed by atoms with Crippen LogP contribution in [0.2, 0.25) is 0 Å². The molecule has 22 heavy (non-hydrogen) atoms. The predicted octanol–water partition coefficient (Wildman–Crippen LogP) is 4.82. The zero-order valence-electron chi connectivity index (χ0n) is 12.0. The number of carbonyl (C=O) groups is 1. The van der Waals surface area contributed by atoms with Gasteiger partial charge in [-0.2, -0.15) is 8.78 Å². The van der Waals surface area contributed by atoms with Crippen LogP contribution in [0.15, 0.2) is 12.1 Å². The van der Waals surface area contributed by atoms with E-state index in [1.165, 1.54) is 0 Å². The van der Waals surface area contributed by atoms with E-state index in [-0.39, 0.29) is 5.92 Å². The molecule has 0 saturated heterocycles. The predicted molar refractivity (Wildman–Crippen MR) is 73.0 cm³/mol. The molecule has 0 heterocycles. The van der Waals surface area contributed by atoms with Crippen LogP contribution in [-0.2, 0) is 4.79 Å². The van der Waals surface area contributed by atoms with Gasteiger partial charge in [-0.25, -0.2) is 8.78 Å². The number of rotatable bonds is 6. The molecule has 0 atom stereocenters. The Morgan fingerprint density at radius 2 is 1.73 bits per heavy atom. The Labute approximate surface area is 126 Å². The number of halogens is 4. The molecule has 1 fully saturated rings. The molecule has 1 aliphatic rings. The van der Waals surface area contributed by atoms with Gasteiger partial charge < -0.3 is 9.53 Å². The Balaban J connectivity index is 2.03. The molecule has 0 aliphatic heterocycles. The van der Waals surface area contributed by atoms with Gasteiger partial charge in [0.2, 0.25) is 0 Å². The lowest BCUT2D eigenvalue weighted by Crippen LogP contribution is -2.14. The standard InChI is InChI=1S/C16H18F4O2/c17-13-8-12(9-14(18)15(13)22-16(19)20)11-5-3-10(4-6-11)2-1-7-21/h7-11,16H,1-6H2. The van der Waals surface area contributed by atoms with Crippen molar-refractivity contribution in [3.63, 3.8) is 0 Å². The van der Waals surface area contributed by atoms with Crippen molar-refractivity contribution < 1.29 is 27.1 Å². The normalized spacial score (nSPS) is 21.9. The van der Waals surface area contributed by atoms with Crippen LogP contribution in [0, 0.1) is 17.6 Å². The van der Waals surface area contributed by atoms with Crippen LogP contribution in [0.1, 0.15) is 50.0 Å². The lowest BCUT2D eigenvalue weighted by Gasteiger charge is -2.28. The van der Waals surface area contributed by atoms with E-state index in [0.717, 1.165) is 50.5 Å². The largest absolute Gasteiger partial charge is 0.429 e. The van der Waals surface area contributed by atoms with Gasteiger partial charge in [-0.1, -0.05) is 0 Å². The molecule has 0 N–H and O–H groups in total. The zero-order chi connectivity index (χ0) is 16.1. The SMILES string of the molecule is O=CCCC1CCC(c2cc(F)c(OC(F)F)c(F)c2)CC1.